The van der Waals surface area contributed by atoms with Crippen molar-refractivity contribution in [1.82, 2.24) is 4.98 Å². The van der Waals surface area contributed by atoms with Gasteiger partial charge in [0.15, 0.2) is 0 Å². The van der Waals surface area contributed by atoms with Gasteiger partial charge >= 0.3 is 5.97 Å². The third-order valence-electron chi connectivity index (χ3n) is 2.52. The highest BCUT2D eigenvalue weighted by Gasteiger charge is 2.17. The summed E-state index contributed by atoms with van der Waals surface area (Å²) in [5.41, 5.74) is 0.00345. The molecule has 0 amide bonds. The molecule has 0 spiro atoms. The van der Waals surface area contributed by atoms with Gasteiger partial charge in [-0.3, -0.25) is 0 Å². The van der Waals surface area contributed by atoms with Gasteiger partial charge in [0.1, 0.15) is 6.10 Å². The molecule has 19 heavy (non-hydrogen) atoms. The second-order valence-corrected chi connectivity index (χ2v) is 4.14. The lowest BCUT2D eigenvalue weighted by molar-refractivity contribution is 0.0236. The van der Waals surface area contributed by atoms with Gasteiger partial charge in [0.05, 0.1) is 30.0 Å². The zero-order valence-corrected chi connectivity index (χ0v) is 11.8. The van der Waals surface area contributed by atoms with Gasteiger partial charge in [-0.05, 0) is 0 Å². The first kappa shape index (κ1) is 15.7. The van der Waals surface area contributed by atoms with Crippen LogP contribution in [0.4, 0.5) is 0 Å². The van der Waals surface area contributed by atoms with E-state index in [1.807, 2.05) is 13.8 Å². The number of carboxylic acid groups (broad SMARTS) is 1. The topological polar surface area (TPSA) is 68.7 Å². The van der Waals surface area contributed by atoms with Crippen LogP contribution >= 0.6 is 11.6 Å². The Balaban J connectivity index is 0.000000861. The van der Waals surface area contributed by atoms with Gasteiger partial charge in [-0.1, -0.05) is 25.4 Å². The fourth-order valence-corrected chi connectivity index (χ4v) is 1.80. The highest BCUT2D eigenvalue weighted by Crippen LogP contribution is 2.21. The average molecular weight is 288 g/mol. The lowest BCUT2D eigenvalue weighted by Crippen LogP contribution is -2.26. The summed E-state index contributed by atoms with van der Waals surface area (Å²) in [6.45, 7) is 5.31. The number of hydrogen-bond donors (Lipinski definition) is 1. The number of aromatic carboxylic acids is 1. The van der Waals surface area contributed by atoms with Crippen LogP contribution < -0.4 is 4.74 Å². The summed E-state index contributed by atoms with van der Waals surface area (Å²) in [5.74, 6) is -0.798. The molecule has 1 aliphatic rings. The van der Waals surface area contributed by atoms with Crippen molar-refractivity contribution in [3.05, 3.63) is 22.8 Å². The number of halogens is 1. The molecule has 1 aromatic rings. The molecule has 1 saturated heterocycles. The summed E-state index contributed by atoms with van der Waals surface area (Å²) in [7, 11) is 0. The summed E-state index contributed by atoms with van der Waals surface area (Å²) in [4.78, 5) is 14.8. The molecule has 0 aromatic carbocycles. The zero-order chi connectivity index (χ0) is 14.3. The molecule has 1 N–H and O–H groups in total. The highest BCUT2D eigenvalue weighted by molar-refractivity contribution is 6.33. The maximum atomic E-state index is 10.9. The molecule has 0 saturated carbocycles. The van der Waals surface area contributed by atoms with Gasteiger partial charge in [-0.25, -0.2) is 9.78 Å². The Morgan fingerprint density at radius 3 is 2.68 bits per heavy atom. The molecule has 0 unspecified atom stereocenters. The third-order valence-corrected chi connectivity index (χ3v) is 2.82. The predicted octanol–water partition coefficient (Wildman–Crippen LogP) is 3.02. The quantitative estimate of drug-likeness (QED) is 0.925. The van der Waals surface area contributed by atoms with Crippen LogP contribution in [0.2, 0.25) is 5.02 Å². The van der Waals surface area contributed by atoms with E-state index in [0.717, 1.165) is 12.8 Å². The zero-order valence-electron chi connectivity index (χ0n) is 11.1. The molecule has 1 aromatic heterocycles. The summed E-state index contributed by atoms with van der Waals surface area (Å²) in [6, 6.07) is 1.35. The maximum absolute atomic E-state index is 10.9. The van der Waals surface area contributed by atoms with Crippen LogP contribution in [0.3, 0.4) is 0 Å². The van der Waals surface area contributed by atoms with Gasteiger partial charge in [-0.15, -0.1) is 0 Å². The van der Waals surface area contributed by atoms with Crippen LogP contribution in [0, 0.1) is 0 Å². The second kappa shape index (κ2) is 7.96. The first-order valence-corrected chi connectivity index (χ1v) is 6.68. The smallest absolute Gasteiger partial charge is 0.337 e. The SMILES string of the molecule is CC.O=C(O)c1cc(OC2CCOCC2)ncc1Cl. The summed E-state index contributed by atoms with van der Waals surface area (Å²) in [6.07, 6.45) is 2.89. The van der Waals surface area contributed by atoms with Crippen LogP contribution in [0.1, 0.15) is 37.0 Å². The molecule has 6 heteroatoms. The molecular formula is C13H18ClNO4. The largest absolute Gasteiger partial charge is 0.478 e. The van der Waals surface area contributed by atoms with E-state index in [1.54, 1.807) is 0 Å². The number of ether oxygens (including phenoxy) is 2. The van der Waals surface area contributed by atoms with E-state index in [-0.39, 0.29) is 16.7 Å². The molecule has 2 rings (SSSR count). The van der Waals surface area contributed by atoms with E-state index in [4.69, 9.17) is 26.2 Å². The Hall–Kier alpha value is -1.33. The number of nitrogens with zero attached hydrogens (tertiary/aromatic N) is 1. The van der Waals surface area contributed by atoms with Crippen molar-refractivity contribution in [2.24, 2.45) is 0 Å². The highest BCUT2D eigenvalue weighted by atomic mass is 35.5. The van der Waals surface area contributed by atoms with Crippen LogP contribution in [0.5, 0.6) is 5.88 Å². The van der Waals surface area contributed by atoms with Crippen LogP contribution in [-0.2, 0) is 4.74 Å². The lowest BCUT2D eigenvalue weighted by Gasteiger charge is -2.22. The van der Waals surface area contributed by atoms with E-state index in [2.05, 4.69) is 4.98 Å². The number of aromatic nitrogens is 1. The first-order chi connectivity index (χ1) is 9.16. The molecule has 0 bridgehead atoms. The van der Waals surface area contributed by atoms with Gasteiger partial charge in [-0.2, -0.15) is 0 Å². The Labute approximate surface area is 117 Å². The molecule has 1 fully saturated rings. The van der Waals surface area contributed by atoms with Crippen LogP contribution in [0.25, 0.3) is 0 Å². The summed E-state index contributed by atoms with van der Waals surface area (Å²) >= 11 is 5.72. The van der Waals surface area contributed by atoms with Crippen molar-refractivity contribution >= 4 is 17.6 Å². The van der Waals surface area contributed by atoms with Crippen molar-refractivity contribution < 1.29 is 19.4 Å². The molecular weight excluding hydrogens is 270 g/mol. The molecule has 0 atom stereocenters. The van der Waals surface area contributed by atoms with Crippen molar-refractivity contribution in [3.8, 4) is 5.88 Å². The van der Waals surface area contributed by atoms with Crippen LogP contribution in [-0.4, -0.2) is 35.4 Å². The van der Waals surface area contributed by atoms with E-state index in [9.17, 15) is 4.79 Å². The van der Waals surface area contributed by atoms with E-state index < -0.39 is 5.97 Å². The van der Waals surface area contributed by atoms with Crippen molar-refractivity contribution in [2.45, 2.75) is 32.8 Å². The van der Waals surface area contributed by atoms with Crippen molar-refractivity contribution in [1.29, 1.82) is 0 Å². The minimum atomic E-state index is -1.09. The van der Waals surface area contributed by atoms with Gasteiger partial charge < -0.3 is 14.6 Å². The average Bonchev–Trinajstić information content (AvgIpc) is 2.44. The van der Waals surface area contributed by atoms with Crippen molar-refractivity contribution in [2.75, 3.05) is 13.2 Å². The lowest BCUT2D eigenvalue weighted by atomic mass is 10.1. The van der Waals surface area contributed by atoms with Gasteiger partial charge in [0.25, 0.3) is 0 Å². The van der Waals surface area contributed by atoms with E-state index >= 15 is 0 Å². The van der Waals surface area contributed by atoms with E-state index in [1.165, 1.54) is 12.3 Å². The number of pyridine rings is 1. The number of rotatable bonds is 3. The minimum Gasteiger partial charge on any atom is -0.478 e. The van der Waals surface area contributed by atoms with Crippen molar-refractivity contribution in [3.63, 3.8) is 0 Å². The Morgan fingerprint density at radius 2 is 2.11 bits per heavy atom. The van der Waals surface area contributed by atoms with Gasteiger partial charge in [0.2, 0.25) is 5.88 Å². The molecule has 5 nitrogen and oxygen atoms in total. The summed E-state index contributed by atoms with van der Waals surface area (Å²) < 4.78 is 10.8. The van der Waals surface area contributed by atoms with E-state index in [0.29, 0.717) is 19.1 Å². The van der Waals surface area contributed by atoms with Crippen LogP contribution in [0.15, 0.2) is 12.3 Å². The van der Waals surface area contributed by atoms with Gasteiger partial charge in [0, 0.05) is 18.9 Å². The predicted molar refractivity (Wildman–Crippen MR) is 72.0 cm³/mol. The monoisotopic (exact) mass is 287 g/mol. The molecule has 0 radical (unpaired) electrons. The summed E-state index contributed by atoms with van der Waals surface area (Å²) in [5, 5.41) is 9.02. The number of hydrogen-bond acceptors (Lipinski definition) is 4. The Kier molecular flexibility index (Phi) is 6.59. The maximum Gasteiger partial charge on any atom is 0.337 e. The number of carboxylic acids is 1. The fourth-order valence-electron chi connectivity index (χ4n) is 1.61. The third kappa shape index (κ3) is 4.69. The molecule has 1 aliphatic heterocycles. The second-order valence-electron chi connectivity index (χ2n) is 3.74. The normalized spacial score (nSPS) is 15.3. The number of carbonyl (C=O) groups is 1. The molecule has 2 heterocycles. The first-order valence-electron chi connectivity index (χ1n) is 6.30. The molecule has 106 valence electrons. The fraction of sp³-hybridized carbons (Fsp3) is 0.538. The Morgan fingerprint density at radius 1 is 1.47 bits per heavy atom. The molecule has 0 aliphatic carbocycles. The standard InChI is InChI=1S/C11H12ClNO4.C2H6/c12-9-6-13-10(5-8(9)11(14)15)17-7-1-3-16-4-2-7;1-2/h5-7H,1-4H2,(H,14,15);1-2H3. The minimum absolute atomic E-state index is 0.00345. The Bertz CT molecular complexity index is 419.